The average molecular weight is 368 g/mol. The van der Waals surface area contributed by atoms with Crippen molar-refractivity contribution >= 4 is 16.0 Å². The Morgan fingerprint density at radius 2 is 2.04 bits per heavy atom. The minimum Gasteiger partial charge on any atom is -0.378 e. The summed E-state index contributed by atoms with van der Waals surface area (Å²) in [6.45, 7) is 6.55. The van der Waals surface area contributed by atoms with Crippen LogP contribution in [-0.4, -0.2) is 74.4 Å². The van der Waals surface area contributed by atoms with Crippen LogP contribution in [0.25, 0.3) is 0 Å². The highest BCUT2D eigenvalue weighted by Gasteiger charge is 2.47. The molecule has 2 fully saturated rings. The van der Waals surface area contributed by atoms with Crippen molar-refractivity contribution in [2.24, 2.45) is 0 Å². The van der Waals surface area contributed by atoms with Gasteiger partial charge in [0.05, 0.1) is 43.3 Å². The van der Waals surface area contributed by atoms with Crippen LogP contribution in [-0.2, 0) is 31.5 Å². The maximum atomic E-state index is 12.3. The van der Waals surface area contributed by atoms with Crippen LogP contribution in [0.1, 0.15) is 24.6 Å². The minimum absolute atomic E-state index is 0.125. The molecule has 0 aliphatic carbocycles. The Bertz CT molecular complexity index is 751. The standard InChI is InChI=1S/C16H24N4O4S/c1-2-25(21,22)20-4-3-16(11-20)12-24-10-13-9-17-15(18-14(13)16)19-5-7-23-8-6-19/h9H,2-8,10-12H2,1H3/t16-/m1/s1. The van der Waals surface area contributed by atoms with Crippen molar-refractivity contribution in [2.45, 2.75) is 25.4 Å². The monoisotopic (exact) mass is 368 g/mol. The van der Waals surface area contributed by atoms with Crippen LogP contribution >= 0.6 is 0 Å². The summed E-state index contributed by atoms with van der Waals surface area (Å²) in [5.74, 6) is 0.833. The molecule has 0 unspecified atom stereocenters. The van der Waals surface area contributed by atoms with Gasteiger partial charge in [-0.1, -0.05) is 0 Å². The molecular formula is C16H24N4O4S. The molecule has 1 atom stereocenters. The van der Waals surface area contributed by atoms with E-state index in [4.69, 9.17) is 14.5 Å². The number of sulfonamides is 1. The zero-order chi connectivity index (χ0) is 17.5. The molecule has 0 aromatic carbocycles. The lowest BCUT2D eigenvalue weighted by Crippen LogP contribution is -2.43. The number of nitrogens with zero attached hydrogens (tertiary/aromatic N) is 4. The zero-order valence-electron chi connectivity index (χ0n) is 14.5. The van der Waals surface area contributed by atoms with Gasteiger partial charge in [-0.3, -0.25) is 0 Å². The van der Waals surface area contributed by atoms with Gasteiger partial charge in [-0.15, -0.1) is 0 Å². The van der Waals surface area contributed by atoms with Crippen LogP contribution in [0.4, 0.5) is 5.95 Å². The molecule has 138 valence electrons. The molecule has 4 heterocycles. The third-order valence-electron chi connectivity index (χ3n) is 5.36. The van der Waals surface area contributed by atoms with Gasteiger partial charge in [0, 0.05) is 37.9 Å². The Morgan fingerprint density at radius 3 is 2.80 bits per heavy atom. The third kappa shape index (κ3) is 3.03. The molecule has 1 spiro atoms. The fourth-order valence-electron chi connectivity index (χ4n) is 3.87. The lowest BCUT2D eigenvalue weighted by Gasteiger charge is -2.35. The second kappa shape index (κ2) is 6.46. The maximum absolute atomic E-state index is 12.3. The maximum Gasteiger partial charge on any atom is 0.225 e. The van der Waals surface area contributed by atoms with Gasteiger partial charge in [0.15, 0.2) is 0 Å². The van der Waals surface area contributed by atoms with Crippen LogP contribution in [0.2, 0.25) is 0 Å². The quantitative estimate of drug-likeness (QED) is 0.750. The van der Waals surface area contributed by atoms with E-state index in [-0.39, 0.29) is 11.2 Å². The third-order valence-corrected chi connectivity index (χ3v) is 7.19. The molecule has 3 aliphatic heterocycles. The van der Waals surface area contributed by atoms with Crippen LogP contribution in [0.3, 0.4) is 0 Å². The smallest absolute Gasteiger partial charge is 0.225 e. The number of fused-ring (bicyclic) bond motifs is 2. The van der Waals surface area contributed by atoms with Gasteiger partial charge in [-0.05, 0) is 13.3 Å². The van der Waals surface area contributed by atoms with Gasteiger partial charge in [-0.2, -0.15) is 0 Å². The van der Waals surface area contributed by atoms with Crippen LogP contribution < -0.4 is 4.90 Å². The summed E-state index contributed by atoms with van der Waals surface area (Å²) in [5, 5.41) is 0. The van der Waals surface area contributed by atoms with E-state index in [1.807, 2.05) is 6.20 Å². The highest BCUT2D eigenvalue weighted by molar-refractivity contribution is 7.89. The summed E-state index contributed by atoms with van der Waals surface area (Å²) in [6, 6.07) is 0. The van der Waals surface area contributed by atoms with Crippen LogP contribution in [0.5, 0.6) is 0 Å². The second-order valence-electron chi connectivity index (χ2n) is 6.90. The Balaban J connectivity index is 1.67. The summed E-state index contributed by atoms with van der Waals surface area (Å²) in [6.07, 6.45) is 2.57. The van der Waals surface area contributed by atoms with Gasteiger partial charge in [0.25, 0.3) is 0 Å². The minimum atomic E-state index is -3.20. The summed E-state index contributed by atoms with van der Waals surface area (Å²) < 4.78 is 37.3. The van der Waals surface area contributed by atoms with Crippen molar-refractivity contribution in [3.8, 4) is 0 Å². The van der Waals surface area contributed by atoms with Gasteiger partial charge >= 0.3 is 0 Å². The van der Waals surface area contributed by atoms with Gasteiger partial charge in [0.2, 0.25) is 16.0 Å². The summed E-state index contributed by atoms with van der Waals surface area (Å²) in [4.78, 5) is 11.5. The molecule has 4 rings (SSSR count). The van der Waals surface area contributed by atoms with Crippen molar-refractivity contribution in [1.82, 2.24) is 14.3 Å². The van der Waals surface area contributed by atoms with Crippen molar-refractivity contribution in [2.75, 3.05) is 56.7 Å². The Morgan fingerprint density at radius 1 is 1.24 bits per heavy atom. The number of rotatable bonds is 3. The number of anilines is 1. The first kappa shape index (κ1) is 17.1. The Kier molecular flexibility index (Phi) is 4.43. The molecule has 9 heteroatoms. The summed E-state index contributed by atoms with van der Waals surface area (Å²) in [5.41, 5.74) is 1.57. The number of aromatic nitrogens is 2. The second-order valence-corrected chi connectivity index (χ2v) is 9.16. The number of ether oxygens (including phenoxy) is 2. The Labute approximate surface area is 148 Å². The van der Waals surface area contributed by atoms with Crippen molar-refractivity contribution in [3.05, 3.63) is 17.5 Å². The molecule has 1 aromatic rings. The van der Waals surface area contributed by atoms with Crippen molar-refractivity contribution in [1.29, 1.82) is 0 Å². The van der Waals surface area contributed by atoms with Crippen LogP contribution in [0.15, 0.2) is 6.20 Å². The van der Waals surface area contributed by atoms with E-state index in [0.717, 1.165) is 30.8 Å². The lowest BCUT2D eigenvalue weighted by molar-refractivity contribution is 0.0530. The molecule has 1 aromatic heterocycles. The lowest BCUT2D eigenvalue weighted by atomic mass is 9.81. The number of hydrogen-bond acceptors (Lipinski definition) is 7. The molecular weight excluding hydrogens is 344 g/mol. The molecule has 0 N–H and O–H groups in total. The predicted octanol–water partition coefficient (Wildman–Crippen LogP) is 0.137. The highest BCUT2D eigenvalue weighted by atomic mass is 32.2. The van der Waals surface area contributed by atoms with E-state index in [0.29, 0.717) is 45.5 Å². The first-order chi connectivity index (χ1) is 12.0. The molecule has 8 nitrogen and oxygen atoms in total. The molecule has 0 amide bonds. The molecule has 3 aliphatic rings. The van der Waals surface area contributed by atoms with Crippen molar-refractivity contribution < 1.29 is 17.9 Å². The van der Waals surface area contributed by atoms with E-state index < -0.39 is 10.0 Å². The normalized spacial score (nSPS) is 27.6. The first-order valence-electron chi connectivity index (χ1n) is 8.79. The molecule has 0 bridgehead atoms. The first-order valence-corrected chi connectivity index (χ1v) is 10.4. The number of hydrogen-bond donors (Lipinski definition) is 0. The Hall–Kier alpha value is -1.29. The van der Waals surface area contributed by atoms with E-state index in [1.165, 1.54) is 0 Å². The average Bonchev–Trinajstić information content (AvgIpc) is 3.08. The van der Waals surface area contributed by atoms with E-state index in [9.17, 15) is 8.42 Å². The fraction of sp³-hybridized carbons (Fsp3) is 0.750. The zero-order valence-corrected chi connectivity index (χ0v) is 15.3. The topological polar surface area (TPSA) is 84.9 Å². The predicted molar refractivity (Wildman–Crippen MR) is 92.0 cm³/mol. The molecule has 25 heavy (non-hydrogen) atoms. The highest BCUT2D eigenvalue weighted by Crippen LogP contribution is 2.40. The summed E-state index contributed by atoms with van der Waals surface area (Å²) in [7, 11) is -3.20. The van der Waals surface area contributed by atoms with E-state index in [2.05, 4.69) is 9.88 Å². The fourth-order valence-corrected chi connectivity index (χ4v) is 5.05. The van der Waals surface area contributed by atoms with Gasteiger partial charge in [0.1, 0.15) is 0 Å². The largest absolute Gasteiger partial charge is 0.378 e. The number of morpholine rings is 1. The van der Waals surface area contributed by atoms with E-state index in [1.54, 1.807) is 11.2 Å². The molecule has 0 saturated carbocycles. The SMILES string of the molecule is CCS(=O)(=O)N1CC[C@]2(COCc3cnc(N4CCOCC4)nc32)C1. The van der Waals surface area contributed by atoms with Gasteiger partial charge < -0.3 is 14.4 Å². The summed E-state index contributed by atoms with van der Waals surface area (Å²) >= 11 is 0. The molecule has 2 saturated heterocycles. The molecule has 0 radical (unpaired) electrons. The van der Waals surface area contributed by atoms with Gasteiger partial charge in [-0.25, -0.2) is 22.7 Å². The van der Waals surface area contributed by atoms with Crippen molar-refractivity contribution in [3.63, 3.8) is 0 Å². The van der Waals surface area contributed by atoms with Crippen LogP contribution in [0, 0.1) is 0 Å². The van der Waals surface area contributed by atoms with E-state index >= 15 is 0 Å².